The lowest BCUT2D eigenvalue weighted by atomic mass is 9.89. The lowest BCUT2D eigenvalue weighted by molar-refractivity contribution is -0.137. The predicted molar refractivity (Wildman–Crippen MR) is 56.3 cm³/mol. The second kappa shape index (κ2) is 6.02. The number of hydrogen-bond acceptors (Lipinski definition) is 2. The van der Waals surface area contributed by atoms with E-state index in [-0.39, 0.29) is 6.42 Å². The Morgan fingerprint density at radius 2 is 2.00 bits per heavy atom. The van der Waals surface area contributed by atoms with Gasteiger partial charge in [-0.05, 0) is 25.8 Å². The summed E-state index contributed by atoms with van der Waals surface area (Å²) in [7, 11) is 2.03. The normalized spacial score (nSPS) is 18.7. The van der Waals surface area contributed by atoms with E-state index in [9.17, 15) is 4.79 Å². The standard InChI is InChI=1S/C11H21NO2/c1-12(8-7-11(13)14)9-10-5-3-2-4-6-10/h10H,2-9H2,1H3,(H,13,14). The van der Waals surface area contributed by atoms with Gasteiger partial charge in [-0.1, -0.05) is 19.3 Å². The van der Waals surface area contributed by atoms with Crippen LogP contribution < -0.4 is 0 Å². The molecule has 0 saturated heterocycles. The van der Waals surface area contributed by atoms with Crippen LogP contribution in [0, 0.1) is 5.92 Å². The summed E-state index contributed by atoms with van der Waals surface area (Å²) in [6, 6.07) is 0. The molecule has 1 aliphatic rings. The Morgan fingerprint density at radius 1 is 1.36 bits per heavy atom. The van der Waals surface area contributed by atoms with Gasteiger partial charge in [0.05, 0.1) is 6.42 Å². The van der Waals surface area contributed by atoms with Gasteiger partial charge in [0.25, 0.3) is 0 Å². The van der Waals surface area contributed by atoms with Crippen molar-refractivity contribution in [1.29, 1.82) is 0 Å². The van der Waals surface area contributed by atoms with Gasteiger partial charge < -0.3 is 10.0 Å². The molecule has 0 amide bonds. The van der Waals surface area contributed by atoms with Crippen LogP contribution in [0.1, 0.15) is 38.5 Å². The van der Waals surface area contributed by atoms with Crippen LogP contribution in [0.25, 0.3) is 0 Å². The highest BCUT2D eigenvalue weighted by Gasteiger charge is 2.15. The lowest BCUT2D eigenvalue weighted by Crippen LogP contribution is -2.29. The molecule has 0 aromatic carbocycles. The summed E-state index contributed by atoms with van der Waals surface area (Å²) < 4.78 is 0. The van der Waals surface area contributed by atoms with Crippen LogP contribution in [0.4, 0.5) is 0 Å². The molecular weight excluding hydrogens is 178 g/mol. The molecule has 82 valence electrons. The van der Waals surface area contributed by atoms with Gasteiger partial charge in [0.1, 0.15) is 0 Å². The van der Waals surface area contributed by atoms with Gasteiger partial charge in [-0.2, -0.15) is 0 Å². The van der Waals surface area contributed by atoms with Gasteiger partial charge in [0.2, 0.25) is 0 Å². The maximum Gasteiger partial charge on any atom is 0.304 e. The van der Waals surface area contributed by atoms with E-state index >= 15 is 0 Å². The average Bonchev–Trinajstić information content (AvgIpc) is 2.16. The molecule has 1 rings (SSSR count). The monoisotopic (exact) mass is 199 g/mol. The van der Waals surface area contributed by atoms with Crippen LogP contribution in [-0.4, -0.2) is 36.1 Å². The zero-order chi connectivity index (χ0) is 10.4. The van der Waals surface area contributed by atoms with Crippen LogP contribution in [0.5, 0.6) is 0 Å². The summed E-state index contributed by atoms with van der Waals surface area (Å²) in [6.07, 6.45) is 7.03. The summed E-state index contributed by atoms with van der Waals surface area (Å²) in [6.45, 7) is 1.76. The Hall–Kier alpha value is -0.570. The Bertz CT molecular complexity index is 176. The smallest absolute Gasteiger partial charge is 0.304 e. The molecule has 0 radical (unpaired) electrons. The quantitative estimate of drug-likeness (QED) is 0.736. The molecule has 0 atom stereocenters. The topological polar surface area (TPSA) is 40.5 Å². The van der Waals surface area contributed by atoms with Crippen molar-refractivity contribution in [2.45, 2.75) is 38.5 Å². The van der Waals surface area contributed by atoms with Gasteiger partial charge in [0, 0.05) is 13.1 Å². The van der Waals surface area contributed by atoms with Crippen LogP contribution in [0.15, 0.2) is 0 Å². The lowest BCUT2D eigenvalue weighted by Gasteiger charge is -2.26. The Kier molecular flexibility index (Phi) is 4.94. The molecule has 0 unspecified atom stereocenters. The number of carboxylic acids is 1. The molecule has 1 aliphatic carbocycles. The molecule has 1 N–H and O–H groups in total. The van der Waals surface area contributed by atoms with Crippen molar-refractivity contribution in [3.8, 4) is 0 Å². The molecule has 0 bridgehead atoms. The highest BCUT2D eigenvalue weighted by Crippen LogP contribution is 2.23. The third-order valence-electron chi connectivity index (χ3n) is 3.00. The number of carbonyl (C=O) groups is 1. The van der Waals surface area contributed by atoms with E-state index < -0.39 is 5.97 Å². The summed E-state index contributed by atoms with van der Waals surface area (Å²) >= 11 is 0. The Morgan fingerprint density at radius 3 is 2.57 bits per heavy atom. The Balaban J connectivity index is 2.11. The molecular formula is C11H21NO2. The zero-order valence-electron chi connectivity index (χ0n) is 9.04. The largest absolute Gasteiger partial charge is 0.481 e. The fourth-order valence-electron chi connectivity index (χ4n) is 2.19. The third kappa shape index (κ3) is 4.61. The van der Waals surface area contributed by atoms with Gasteiger partial charge in [0.15, 0.2) is 0 Å². The summed E-state index contributed by atoms with van der Waals surface area (Å²) in [5, 5.41) is 8.54. The number of rotatable bonds is 5. The first-order chi connectivity index (χ1) is 6.68. The highest BCUT2D eigenvalue weighted by atomic mass is 16.4. The SMILES string of the molecule is CN(CCC(=O)O)CC1CCCCC1. The summed E-state index contributed by atoms with van der Waals surface area (Å²) in [4.78, 5) is 12.5. The average molecular weight is 199 g/mol. The maximum absolute atomic E-state index is 10.4. The number of carboxylic acid groups (broad SMARTS) is 1. The second-order valence-electron chi connectivity index (χ2n) is 4.41. The van der Waals surface area contributed by atoms with Crippen molar-refractivity contribution < 1.29 is 9.90 Å². The number of aliphatic carboxylic acids is 1. The zero-order valence-corrected chi connectivity index (χ0v) is 9.04. The molecule has 0 heterocycles. The van der Waals surface area contributed by atoms with Gasteiger partial charge in [-0.25, -0.2) is 0 Å². The molecule has 3 heteroatoms. The van der Waals surface area contributed by atoms with Crippen LogP contribution >= 0.6 is 0 Å². The highest BCUT2D eigenvalue weighted by molar-refractivity contribution is 5.66. The minimum absolute atomic E-state index is 0.267. The van der Waals surface area contributed by atoms with Crippen LogP contribution in [0.3, 0.4) is 0 Å². The second-order valence-corrected chi connectivity index (χ2v) is 4.41. The van der Waals surface area contributed by atoms with Crippen molar-refractivity contribution >= 4 is 5.97 Å². The maximum atomic E-state index is 10.4. The van der Waals surface area contributed by atoms with Gasteiger partial charge >= 0.3 is 5.97 Å². The fraction of sp³-hybridized carbons (Fsp3) is 0.909. The minimum atomic E-state index is -0.694. The fourth-order valence-corrected chi connectivity index (χ4v) is 2.19. The van der Waals surface area contributed by atoms with Crippen molar-refractivity contribution in [1.82, 2.24) is 4.90 Å². The van der Waals surface area contributed by atoms with Crippen molar-refractivity contribution in [2.75, 3.05) is 20.1 Å². The molecule has 1 fully saturated rings. The van der Waals surface area contributed by atoms with Gasteiger partial charge in [-0.15, -0.1) is 0 Å². The van der Waals surface area contributed by atoms with Gasteiger partial charge in [-0.3, -0.25) is 4.79 Å². The first kappa shape index (κ1) is 11.5. The van der Waals surface area contributed by atoms with Crippen LogP contribution in [0.2, 0.25) is 0 Å². The Labute approximate surface area is 86.1 Å². The first-order valence-corrected chi connectivity index (χ1v) is 5.59. The van der Waals surface area contributed by atoms with Crippen molar-refractivity contribution in [3.63, 3.8) is 0 Å². The molecule has 1 saturated carbocycles. The molecule has 0 aromatic heterocycles. The van der Waals surface area contributed by atoms with E-state index in [0.29, 0.717) is 6.54 Å². The van der Waals surface area contributed by atoms with Crippen LogP contribution in [-0.2, 0) is 4.79 Å². The van der Waals surface area contributed by atoms with E-state index in [0.717, 1.165) is 12.5 Å². The molecule has 0 aromatic rings. The predicted octanol–water partition coefficient (Wildman–Crippen LogP) is 1.97. The molecule has 3 nitrogen and oxygen atoms in total. The molecule has 0 aliphatic heterocycles. The molecule has 14 heavy (non-hydrogen) atoms. The minimum Gasteiger partial charge on any atom is -0.481 e. The number of hydrogen-bond donors (Lipinski definition) is 1. The first-order valence-electron chi connectivity index (χ1n) is 5.59. The van der Waals surface area contributed by atoms with Crippen molar-refractivity contribution in [3.05, 3.63) is 0 Å². The van der Waals surface area contributed by atoms with E-state index in [4.69, 9.17) is 5.11 Å². The van der Waals surface area contributed by atoms with E-state index in [1.807, 2.05) is 7.05 Å². The third-order valence-corrected chi connectivity index (χ3v) is 3.00. The summed E-state index contributed by atoms with van der Waals surface area (Å²) in [5.41, 5.74) is 0. The van der Waals surface area contributed by atoms with E-state index in [2.05, 4.69) is 4.90 Å². The van der Waals surface area contributed by atoms with E-state index in [1.165, 1.54) is 32.1 Å². The summed E-state index contributed by atoms with van der Waals surface area (Å²) in [5.74, 6) is 0.114. The van der Waals surface area contributed by atoms with Crippen molar-refractivity contribution in [2.24, 2.45) is 5.92 Å². The number of nitrogens with zero attached hydrogens (tertiary/aromatic N) is 1. The molecule has 0 spiro atoms. The van der Waals surface area contributed by atoms with E-state index in [1.54, 1.807) is 0 Å².